The zero-order valence-electron chi connectivity index (χ0n) is 12.0. The first-order valence-electron chi connectivity index (χ1n) is 6.81. The fourth-order valence-electron chi connectivity index (χ4n) is 2.44. The van der Waals surface area contributed by atoms with E-state index in [4.69, 9.17) is 11.6 Å². The third kappa shape index (κ3) is 3.71. The van der Waals surface area contributed by atoms with Gasteiger partial charge in [0.05, 0.1) is 5.75 Å². The van der Waals surface area contributed by atoms with Gasteiger partial charge < -0.3 is 10.0 Å². The average Bonchev–Trinajstić information content (AvgIpc) is 2.78. The van der Waals surface area contributed by atoms with E-state index in [-0.39, 0.29) is 17.2 Å². The van der Waals surface area contributed by atoms with Gasteiger partial charge in [-0.3, -0.25) is 4.79 Å². The van der Waals surface area contributed by atoms with Crippen molar-refractivity contribution < 1.29 is 14.7 Å². The predicted molar refractivity (Wildman–Crippen MR) is 84.4 cm³/mol. The highest BCUT2D eigenvalue weighted by Crippen LogP contribution is 2.41. The molecular weight excluding hydrogens is 310 g/mol. The lowest BCUT2D eigenvalue weighted by Crippen LogP contribution is -2.44. The predicted octanol–water partition coefficient (Wildman–Crippen LogP) is 3.41. The highest BCUT2D eigenvalue weighted by Gasteiger charge is 2.41. The highest BCUT2D eigenvalue weighted by molar-refractivity contribution is 8.00. The van der Waals surface area contributed by atoms with Gasteiger partial charge in [-0.2, -0.15) is 0 Å². The summed E-state index contributed by atoms with van der Waals surface area (Å²) in [5.74, 6) is -0.545. The molecule has 21 heavy (non-hydrogen) atoms. The molecule has 2 atom stereocenters. The SMILES string of the molecule is CC(C)C[C@@H](C(=O)O)N1C(=O)CS[C@H]1c1ccc(Cl)cc1. The van der Waals surface area contributed by atoms with Crippen LogP contribution in [0, 0.1) is 5.92 Å². The van der Waals surface area contributed by atoms with E-state index in [1.807, 2.05) is 26.0 Å². The van der Waals surface area contributed by atoms with Crippen LogP contribution in [-0.2, 0) is 9.59 Å². The van der Waals surface area contributed by atoms with Gasteiger partial charge >= 0.3 is 5.97 Å². The van der Waals surface area contributed by atoms with Crippen molar-refractivity contribution in [3.63, 3.8) is 0 Å². The third-order valence-corrected chi connectivity index (χ3v) is 4.86. The largest absolute Gasteiger partial charge is 0.480 e. The van der Waals surface area contributed by atoms with Gasteiger partial charge in [0.2, 0.25) is 5.91 Å². The van der Waals surface area contributed by atoms with Crippen LogP contribution in [0.5, 0.6) is 0 Å². The number of benzene rings is 1. The maximum absolute atomic E-state index is 12.2. The monoisotopic (exact) mass is 327 g/mol. The molecule has 1 amide bonds. The van der Waals surface area contributed by atoms with Crippen LogP contribution < -0.4 is 0 Å². The van der Waals surface area contributed by atoms with Gasteiger partial charge in [0.1, 0.15) is 11.4 Å². The summed E-state index contributed by atoms with van der Waals surface area (Å²) >= 11 is 7.34. The number of hydrogen-bond donors (Lipinski definition) is 1. The Morgan fingerprint density at radius 3 is 2.57 bits per heavy atom. The van der Waals surface area contributed by atoms with Crippen molar-refractivity contribution in [3.8, 4) is 0 Å². The van der Waals surface area contributed by atoms with Crippen LogP contribution in [0.15, 0.2) is 24.3 Å². The maximum Gasteiger partial charge on any atom is 0.326 e. The van der Waals surface area contributed by atoms with Crippen LogP contribution in [0.2, 0.25) is 5.02 Å². The number of carboxylic acids is 1. The van der Waals surface area contributed by atoms with Crippen LogP contribution in [0.25, 0.3) is 0 Å². The summed E-state index contributed by atoms with van der Waals surface area (Å²) in [6.45, 7) is 3.92. The molecule has 1 heterocycles. The molecule has 0 saturated carbocycles. The van der Waals surface area contributed by atoms with Crippen molar-refractivity contribution >= 4 is 35.2 Å². The Balaban J connectivity index is 2.30. The van der Waals surface area contributed by atoms with Crippen molar-refractivity contribution in [2.75, 3.05) is 5.75 Å². The lowest BCUT2D eigenvalue weighted by atomic mass is 10.0. The van der Waals surface area contributed by atoms with Crippen molar-refractivity contribution in [1.82, 2.24) is 4.90 Å². The number of rotatable bonds is 5. The molecule has 0 spiro atoms. The first kappa shape index (κ1) is 16.2. The van der Waals surface area contributed by atoms with E-state index in [9.17, 15) is 14.7 Å². The fourth-order valence-corrected chi connectivity index (χ4v) is 3.79. The van der Waals surface area contributed by atoms with Gasteiger partial charge in [0.15, 0.2) is 0 Å². The number of hydrogen-bond acceptors (Lipinski definition) is 3. The quantitative estimate of drug-likeness (QED) is 0.900. The van der Waals surface area contributed by atoms with Gasteiger partial charge in [-0.05, 0) is 30.0 Å². The number of halogens is 1. The molecule has 1 aliphatic rings. The number of carbonyl (C=O) groups is 2. The molecule has 1 N–H and O–H groups in total. The van der Waals surface area contributed by atoms with Crippen LogP contribution >= 0.6 is 23.4 Å². The summed E-state index contributed by atoms with van der Waals surface area (Å²) in [5, 5.41) is 9.85. The Bertz CT molecular complexity index is 532. The maximum atomic E-state index is 12.2. The minimum Gasteiger partial charge on any atom is -0.480 e. The van der Waals surface area contributed by atoms with E-state index < -0.39 is 12.0 Å². The second kappa shape index (κ2) is 6.71. The zero-order chi connectivity index (χ0) is 15.6. The molecule has 6 heteroatoms. The molecule has 1 aromatic rings. The fraction of sp³-hybridized carbons (Fsp3) is 0.467. The molecule has 2 rings (SSSR count). The molecule has 1 aliphatic heterocycles. The molecule has 0 aromatic heterocycles. The van der Waals surface area contributed by atoms with E-state index in [0.29, 0.717) is 17.2 Å². The smallest absolute Gasteiger partial charge is 0.326 e. The van der Waals surface area contributed by atoms with Crippen LogP contribution in [0.3, 0.4) is 0 Å². The Labute approximate surface area is 133 Å². The lowest BCUT2D eigenvalue weighted by Gasteiger charge is -2.31. The summed E-state index contributed by atoms with van der Waals surface area (Å²) < 4.78 is 0. The summed E-state index contributed by atoms with van der Waals surface area (Å²) in [6, 6.07) is 6.43. The molecule has 0 bridgehead atoms. The number of nitrogens with zero attached hydrogens (tertiary/aromatic N) is 1. The van der Waals surface area contributed by atoms with E-state index in [1.54, 1.807) is 12.1 Å². The van der Waals surface area contributed by atoms with Crippen molar-refractivity contribution in [2.24, 2.45) is 5.92 Å². The number of aliphatic carboxylic acids is 1. The van der Waals surface area contributed by atoms with Crippen LogP contribution in [0.1, 0.15) is 31.2 Å². The molecule has 1 saturated heterocycles. The number of carbonyl (C=O) groups excluding carboxylic acids is 1. The number of thioether (sulfide) groups is 1. The van der Waals surface area contributed by atoms with Crippen molar-refractivity contribution in [2.45, 2.75) is 31.7 Å². The van der Waals surface area contributed by atoms with Gasteiger partial charge in [0.25, 0.3) is 0 Å². The normalized spacial score (nSPS) is 20.1. The summed E-state index contributed by atoms with van der Waals surface area (Å²) in [7, 11) is 0. The van der Waals surface area contributed by atoms with Crippen molar-refractivity contribution in [3.05, 3.63) is 34.9 Å². The minimum atomic E-state index is -0.946. The standard InChI is InChI=1S/C15H18ClNO3S/c1-9(2)7-12(15(19)20)17-13(18)8-21-14(17)10-3-5-11(16)6-4-10/h3-6,9,12,14H,7-8H2,1-2H3,(H,19,20)/t12-,14-/m0/s1. The molecule has 1 fully saturated rings. The molecule has 0 unspecified atom stereocenters. The van der Waals surface area contributed by atoms with Crippen molar-refractivity contribution in [1.29, 1.82) is 0 Å². The van der Waals surface area contributed by atoms with E-state index in [0.717, 1.165) is 5.56 Å². The second-order valence-corrected chi connectivity index (χ2v) is 7.00. The average molecular weight is 328 g/mol. The first-order valence-corrected chi connectivity index (χ1v) is 8.24. The van der Waals surface area contributed by atoms with Gasteiger partial charge in [0, 0.05) is 5.02 Å². The Morgan fingerprint density at radius 1 is 1.43 bits per heavy atom. The third-order valence-electron chi connectivity index (χ3n) is 3.38. The lowest BCUT2D eigenvalue weighted by molar-refractivity contribution is -0.150. The second-order valence-electron chi connectivity index (χ2n) is 5.50. The first-order chi connectivity index (χ1) is 9.90. The number of amides is 1. The molecule has 4 nitrogen and oxygen atoms in total. The van der Waals surface area contributed by atoms with Gasteiger partial charge in [-0.25, -0.2) is 4.79 Å². The molecular formula is C15H18ClNO3S. The summed E-state index contributed by atoms with van der Waals surface area (Å²) in [4.78, 5) is 25.3. The van der Waals surface area contributed by atoms with Crippen LogP contribution in [0.4, 0.5) is 0 Å². The van der Waals surface area contributed by atoms with Gasteiger partial charge in [-0.1, -0.05) is 37.6 Å². The highest BCUT2D eigenvalue weighted by atomic mass is 35.5. The zero-order valence-corrected chi connectivity index (χ0v) is 13.5. The molecule has 0 radical (unpaired) electrons. The summed E-state index contributed by atoms with van der Waals surface area (Å²) in [6.07, 6.45) is 0.450. The molecule has 0 aliphatic carbocycles. The Hall–Kier alpha value is -1.20. The number of carboxylic acid groups (broad SMARTS) is 1. The molecule has 1 aromatic carbocycles. The van der Waals surface area contributed by atoms with E-state index in [2.05, 4.69) is 0 Å². The summed E-state index contributed by atoms with van der Waals surface area (Å²) in [5.41, 5.74) is 0.908. The van der Waals surface area contributed by atoms with E-state index in [1.165, 1.54) is 16.7 Å². The van der Waals surface area contributed by atoms with E-state index >= 15 is 0 Å². The van der Waals surface area contributed by atoms with Crippen LogP contribution in [-0.4, -0.2) is 33.7 Å². The Morgan fingerprint density at radius 2 is 2.05 bits per heavy atom. The van der Waals surface area contributed by atoms with Gasteiger partial charge in [-0.15, -0.1) is 11.8 Å². The molecule has 114 valence electrons. The Kier molecular flexibility index (Phi) is 5.17. The minimum absolute atomic E-state index is 0.118. The topological polar surface area (TPSA) is 57.6 Å².